The van der Waals surface area contributed by atoms with Gasteiger partial charge in [0.25, 0.3) is 5.91 Å². The average Bonchev–Trinajstić information content (AvgIpc) is 2.69. The van der Waals surface area contributed by atoms with Gasteiger partial charge >= 0.3 is 0 Å². The monoisotopic (exact) mass is 375 g/mol. The Labute approximate surface area is 155 Å². The maximum atomic E-state index is 12.7. The molecule has 1 heterocycles. The predicted molar refractivity (Wildman–Crippen MR) is 101 cm³/mol. The van der Waals surface area contributed by atoms with E-state index < -0.39 is 15.9 Å². The van der Waals surface area contributed by atoms with Crippen molar-refractivity contribution in [2.24, 2.45) is 11.0 Å². The molecule has 7 heteroatoms. The number of allylic oxidation sites excluding steroid dienone is 2. The van der Waals surface area contributed by atoms with E-state index in [1.165, 1.54) is 10.4 Å². The summed E-state index contributed by atoms with van der Waals surface area (Å²) in [6, 6.07) is 6.17. The summed E-state index contributed by atoms with van der Waals surface area (Å²) >= 11 is 0. The molecule has 140 valence electrons. The highest BCUT2D eigenvalue weighted by Gasteiger charge is 2.26. The van der Waals surface area contributed by atoms with E-state index in [0.717, 1.165) is 38.5 Å². The van der Waals surface area contributed by atoms with Crippen molar-refractivity contribution in [1.29, 1.82) is 0 Å². The molecule has 1 aliphatic carbocycles. The number of carbonyl (C=O) groups is 1. The first-order valence-corrected chi connectivity index (χ1v) is 10.6. The second-order valence-corrected chi connectivity index (χ2v) is 8.69. The van der Waals surface area contributed by atoms with Crippen molar-refractivity contribution in [2.75, 3.05) is 13.1 Å². The van der Waals surface area contributed by atoms with Crippen molar-refractivity contribution in [3.63, 3.8) is 0 Å². The second kappa shape index (κ2) is 8.60. The molecule has 0 unspecified atom stereocenters. The Bertz CT molecular complexity index is 796. The topological polar surface area (TPSA) is 78.8 Å². The third-order valence-corrected chi connectivity index (χ3v) is 6.70. The highest BCUT2D eigenvalue weighted by Crippen LogP contribution is 2.21. The van der Waals surface area contributed by atoms with Crippen molar-refractivity contribution in [3.05, 3.63) is 42.0 Å². The maximum Gasteiger partial charge on any atom is 0.271 e. The van der Waals surface area contributed by atoms with E-state index in [-0.39, 0.29) is 4.90 Å². The van der Waals surface area contributed by atoms with Crippen molar-refractivity contribution < 1.29 is 13.2 Å². The molecule has 1 N–H and O–H groups in total. The highest BCUT2D eigenvalue weighted by molar-refractivity contribution is 7.89. The van der Waals surface area contributed by atoms with Gasteiger partial charge in [-0.1, -0.05) is 24.6 Å². The van der Waals surface area contributed by atoms with Crippen molar-refractivity contribution in [2.45, 2.75) is 43.4 Å². The predicted octanol–water partition coefficient (Wildman–Crippen LogP) is 2.93. The van der Waals surface area contributed by atoms with E-state index in [9.17, 15) is 13.2 Å². The van der Waals surface area contributed by atoms with E-state index in [2.05, 4.69) is 22.7 Å². The Morgan fingerprint density at radius 3 is 2.73 bits per heavy atom. The third kappa shape index (κ3) is 4.59. The van der Waals surface area contributed by atoms with Crippen LogP contribution in [0.4, 0.5) is 0 Å². The van der Waals surface area contributed by atoms with Crippen LogP contribution >= 0.6 is 0 Å². The van der Waals surface area contributed by atoms with Gasteiger partial charge in [0, 0.05) is 24.9 Å². The Hall–Kier alpha value is -1.99. The standard InChI is InChI=1S/C19H25N3O3S/c23-19(21-20-15-16-8-3-1-4-9-16)17-10-7-11-18(14-17)26(24,25)22-12-5-2-6-13-22/h1,3,7,10-11,14-16H,2,4-6,8-9,12-13H2,(H,21,23)/b20-15-/t16-/m1/s1. The fourth-order valence-corrected chi connectivity index (χ4v) is 4.83. The average molecular weight is 375 g/mol. The summed E-state index contributed by atoms with van der Waals surface area (Å²) in [5, 5.41) is 4.03. The van der Waals surface area contributed by atoms with Gasteiger partial charge in [0.2, 0.25) is 10.0 Å². The minimum Gasteiger partial charge on any atom is -0.267 e. The number of hydrogen-bond donors (Lipinski definition) is 1. The number of carbonyl (C=O) groups excluding carboxylic acids is 1. The number of nitrogens with zero attached hydrogens (tertiary/aromatic N) is 2. The summed E-state index contributed by atoms with van der Waals surface area (Å²) in [7, 11) is -3.55. The number of benzene rings is 1. The number of hydrazone groups is 1. The lowest BCUT2D eigenvalue weighted by atomic mass is 9.96. The Morgan fingerprint density at radius 2 is 2.00 bits per heavy atom. The normalized spacial score (nSPS) is 21.8. The molecule has 1 atom stereocenters. The number of amides is 1. The molecule has 26 heavy (non-hydrogen) atoms. The summed E-state index contributed by atoms with van der Waals surface area (Å²) in [6.07, 6.45) is 11.8. The lowest BCUT2D eigenvalue weighted by Crippen LogP contribution is -2.35. The molecular formula is C19H25N3O3S. The van der Waals surface area contributed by atoms with E-state index in [4.69, 9.17) is 0 Å². The number of hydrogen-bond acceptors (Lipinski definition) is 4. The Balaban J connectivity index is 1.67. The Kier molecular flexibility index (Phi) is 6.21. The highest BCUT2D eigenvalue weighted by atomic mass is 32.2. The van der Waals surface area contributed by atoms with E-state index >= 15 is 0 Å². The fourth-order valence-electron chi connectivity index (χ4n) is 3.27. The second-order valence-electron chi connectivity index (χ2n) is 6.76. The number of sulfonamides is 1. The lowest BCUT2D eigenvalue weighted by molar-refractivity contribution is 0.0954. The van der Waals surface area contributed by atoms with Gasteiger partial charge < -0.3 is 0 Å². The van der Waals surface area contributed by atoms with Gasteiger partial charge in [-0.15, -0.1) is 0 Å². The summed E-state index contributed by atoms with van der Waals surface area (Å²) in [6.45, 7) is 1.08. The molecule has 1 aromatic rings. The van der Waals surface area contributed by atoms with E-state index in [1.54, 1.807) is 24.4 Å². The summed E-state index contributed by atoms with van der Waals surface area (Å²) in [4.78, 5) is 12.5. The van der Waals surface area contributed by atoms with Crippen LogP contribution in [0.15, 0.2) is 46.4 Å². The third-order valence-electron chi connectivity index (χ3n) is 4.81. The minimum absolute atomic E-state index is 0.161. The zero-order valence-electron chi connectivity index (χ0n) is 14.8. The van der Waals surface area contributed by atoms with Crippen LogP contribution in [0, 0.1) is 5.92 Å². The van der Waals surface area contributed by atoms with Crippen molar-refractivity contribution >= 4 is 22.1 Å². The quantitative estimate of drug-likeness (QED) is 0.488. The largest absolute Gasteiger partial charge is 0.271 e. The van der Waals surface area contributed by atoms with Crippen molar-refractivity contribution in [3.8, 4) is 0 Å². The molecule has 0 radical (unpaired) electrons. The lowest BCUT2D eigenvalue weighted by Gasteiger charge is -2.25. The molecule has 1 fully saturated rings. The first-order valence-electron chi connectivity index (χ1n) is 9.16. The number of piperidine rings is 1. The molecule has 0 saturated carbocycles. The number of rotatable bonds is 5. The van der Waals surface area contributed by atoms with Crippen LogP contribution in [0.1, 0.15) is 48.9 Å². The van der Waals surface area contributed by atoms with Gasteiger partial charge in [0.15, 0.2) is 0 Å². The molecule has 1 aliphatic heterocycles. The van der Waals surface area contributed by atoms with Crippen LogP contribution in [0.5, 0.6) is 0 Å². The first-order chi connectivity index (χ1) is 12.6. The molecule has 1 aromatic carbocycles. The maximum absolute atomic E-state index is 12.7. The molecule has 0 spiro atoms. The number of nitrogens with one attached hydrogen (secondary N) is 1. The van der Waals surface area contributed by atoms with Crippen LogP contribution in [0.25, 0.3) is 0 Å². The van der Waals surface area contributed by atoms with Crippen LogP contribution in [0.3, 0.4) is 0 Å². The van der Waals surface area contributed by atoms with Crippen molar-refractivity contribution in [1.82, 2.24) is 9.73 Å². The van der Waals surface area contributed by atoms with E-state index in [1.807, 2.05) is 0 Å². The van der Waals surface area contributed by atoms with Crippen LogP contribution < -0.4 is 5.43 Å². The smallest absolute Gasteiger partial charge is 0.267 e. The van der Waals surface area contributed by atoms with Gasteiger partial charge in [-0.25, -0.2) is 13.8 Å². The van der Waals surface area contributed by atoms with Gasteiger partial charge in [0.1, 0.15) is 0 Å². The zero-order chi connectivity index (χ0) is 18.4. The van der Waals surface area contributed by atoms with E-state index in [0.29, 0.717) is 24.6 Å². The molecule has 1 amide bonds. The fraction of sp³-hybridized carbons (Fsp3) is 0.474. The van der Waals surface area contributed by atoms with Crippen LogP contribution in [-0.2, 0) is 10.0 Å². The molecule has 1 saturated heterocycles. The first kappa shape index (κ1) is 18.8. The summed E-state index contributed by atoms with van der Waals surface area (Å²) in [5.74, 6) is -0.0607. The molecule has 0 bridgehead atoms. The van der Waals surface area contributed by atoms with Crippen LogP contribution in [0.2, 0.25) is 0 Å². The molecule has 3 rings (SSSR count). The minimum atomic E-state index is -3.55. The molecule has 2 aliphatic rings. The summed E-state index contributed by atoms with van der Waals surface area (Å²) < 4.78 is 27.0. The zero-order valence-corrected chi connectivity index (χ0v) is 15.6. The van der Waals surface area contributed by atoms with Gasteiger partial charge in [-0.3, -0.25) is 4.79 Å². The summed E-state index contributed by atoms with van der Waals surface area (Å²) in [5.41, 5.74) is 2.80. The Morgan fingerprint density at radius 1 is 1.19 bits per heavy atom. The molecule has 0 aromatic heterocycles. The SMILES string of the molecule is O=C(N/N=C\[C@@H]1CC=CCC1)c1cccc(S(=O)(=O)N2CCCCC2)c1. The van der Waals surface area contributed by atoms with Gasteiger partial charge in [-0.05, 0) is 56.2 Å². The van der Waals surface area contributed by atoms with Gasteiger partial charge in [-0.2, -0.15) is 9.41 Å². The van der Waals surface area contributed by atoms with Gasteiger partial charge in [0.05, 0.1) is 4.90 Å². The molecule has 6 nitrogen and oxygen atoms in total. The molecular weight excluding hydrogens is 350 g/mol. The van der Waals surface area contributed by atoms with Crippen LogP contribution in [-0.4, -0.2) is 37.9 Å².